The second-order valence-electron chi connectivity index (χ2n) is 5.63. The van der Waals surface area contributed by atoms with E-state index >= 15 is 0 Å². The molecule has 0 unspecified atom stereocenters. The summed E-state index contributed by atoms with van der Waals surface area (Å²) < 4.78 is 27.7. The Morgan fingerprint density at radius 2 is 1.42 bits per heavy atom. The number of aromatic nitrogens is 2. The molecule has 3 rings (SSSR count). The molecule has 0 N–H and O–H groups in total. The van der Waals surface area contributed by atoms with Gasteiger partial charge < -0.3 is 0 Å². The number of pyridine rings is 2. The summed E-state index contributed by atoms with van der Waals surface area (Å²) in [5.41, 5.74) is 1.98. The van der Waals surface area contributed by atoms with Crippen LogP contribution in [0.15, 0.2) is 78.2 Å². The molecule has 1 aromatic carbocycles. The molecule has 0 aliphatic rings. The van der Waals surface area contributed by atoms with E-state index in [1.165, 1.54) is 28.6 Å². The number of hydrogen-bond donors (Lipinski definition) is 0. The van der Waals surface area contributed by atoms with Crippen molar-refractivity contribution in [1.82, 2.24) is 14.3 Å². The monoisotopic (exact) mass is 364 g/mol. The first-order valence-corrected chi connectivity index (χ1v) is 9.32. The molecule has 0 atom stereocenters. The molecule has 0 bridgehead atoms. The van der Waals surface area contributed by atoms with Crippen molar-refractivity contribution in [2.45, 2.75) is 18.0 Å². The zero-order valence-corrected chi connectivity index (χ0v) is 14.7. The quantitative estimate of drug-likeness (QED) is 0.671. The van der Waals surface area contributed by atoms with E-state index in [2.05, 4.69) is 9.97 Å². The summed E-state index contributed by atoms with van der Waals surface area (Å²) in [7, 11) is -3.75. The summed E-state index contributed by atoms with van der Waals surface area (Å²) in [6.45, 7) is 0.371. The van der Waals surface area contributed by atoms with Crippen molar-refractivity contribution >= 4 is 10.0 Å². The lowest BCUT2D eigenvalue weighted by atomic mass is 10.2. The van der Waals surface area contributed by atoms with Crippen LogP contribution in [0.2, 0.25) is 0 Å². The zero-order valence-electron chi connectivity index (χ0n) is 13.9. The second kappa shape index (κ2) is 7.87. The predicted molar refractivity (Wildman–Crippen MR) is 96.1 cm³/mol. The predicted octanol–water partition coefficient (Wildman–Crippen LogP) is 2.74. The Bertz CT molecular complexity index is 957. The third-order valence-corrected chi connectivity index (χ3v) is 5.59. The number of nitrogens with zero attached hydrogens (tertiary/aromatic N) is 4. The fraction of sp³-hybridized carbons (Fsp3) is 0.105. The van der Waals surface area contributed by atoms with Crippen molar-refractivity contribution in [1.29, 1.82) is 5.26 Å². The number of rotatable bonds is 6. The van der Waals surface area contributed by atoms with E-state index in [-0.39, 0.29) is 18.0 Å². The summed E-state index contributed by atoms with van der Waals surface area (Å²) in [6.07, 6.45) is 6.57. The van der Waals surface area contributed by atoms with Crippen molar-refractivity contribution < 1.29 is 8.42 Å². The third kappa shape index (κ3) is 4.11. The van der Waals surface area contributed by atoms with Crippen LogP contribution >= 0.6 is 0 Å². The van der Waals surface area contributed by atoms with E-state index < -0.39 is 10.0 Å². The van der Waals surface area contributed by atoms with Crippen molar-refractivity contribution in [2.75, 3.05) is 0 Å². The van der Waals surface area contributed by atoms with Gasteiger partial charge in [-0.2, -0.15) is 9.57 Å². The smallest absolute Gasteiger partial charge is 0.243 e. The molecule has 0 aliphatic carbocycles. The van der Waals surface area contributed by atoms with Crippen LogP contribution in [0, 0.1) is 11.3 Å². The Labute approximate surface area is 152 Å². The van der Waals surface area contributed by atoms with Gasteiger partial charge in [0.15, 0.2) is 0 Å². The summed E-state index contributed by atoms with van der Waals surface area (Å²) in [5, 5.41) is 8.91. The van der Waals surface area contributed by atoms with Crippen LogP contribution in [0.4, 0.5) is 0 Å². The summed E-state index contributed by atoms with van der Waals surface area (Å²) >= 11 is 0. The maximum absolute atomic E-state index is 13.1. The van der Waals surface area contributed by atoms with E-state index in [9.17, 15) is 8.42 Å². The highest BCUT2D eigenvalue weighted by molar-refractivity contribution is 7.89. The average Bonchev–Trinajstić information content (AvgIpc) is 2.69. The number of sulfonamides is 1. The van der Waals surface area contributed by atoms with Crippen LogP contribution in [-0.2, 0) is 23.1 Å². The maximum Gasteiger partial charge on any atom is 0.243 e. The molecule has 0 radical (unpaired) electrons. The zero-order chi connectivity index (χ0) is 18.4. The first-order chi connectivity index (χ1) is 12.6. The van der Waals surface area contributed by atoms with E-state index in [0.29, 0.717) is 5.56 Å². The number of hydrogen-bond acceptors (Lipinski definition) is 5. The highest BCUT2D eigenvalue weighted by Crippen LogP contribution is 2.21. The minimum absolute atomic E-state index is 0.143. The van der Waals surface area contributed by atoms with Gasteiger partial charge in [0.05, 0.1) is 16.5 Å². The molecule has 0 aliphatic heterocycles. The molecule has 6 nitrogen and oxygen atoms in total. The topological polar surface area (TPSA) is 87.0 Å². The van der Waals surface area contributed by atoms with Gasteiger partial charge in [-0.3, -0.25) is 9.97 Å². The van der Waals surface area contributed by atoms with E-state index in [1.807, 2.05) is 18.2 Å². The van der Waals surface area contributed by atoms with Gasteiger partial charge in [0.25, 0.3) is 0 Å². The molecule has 0 saturated heterocycles. The van der Waals surface area contributed by atoms with Crippen LogP contribution in [0.5, 0.6) is 0 Å². The van der Waals surface area contributed by atoms with Gasteiger partial charge in [-0.1, -0.05) is 12.1 Å². The molecule has 0 saturated carbocycles. The molecule has 130 valence electrons. The minimum atomic E-state index is -3.75. The van der Waals surface area contributed by atoms with Crippen molar-refractivity contribution in [3.63, 3.8) is 0 Å². The maximum atomic E-state index is 13.1. The second-order valence-corrected chi connectivity index (χ2v) is 7.57. The molecule has 0 spiro atoms. The SMILES string of the molecule is N#Cc1ccc(S(=O)(=O)N(Cc2cccnc2)Cc2cccnc2)cc1. The normalized spacial score (nSPS) is 11.2. The van der Waals surface area contributed by atoms with Gasteiger partial charge in [-0.15, -0.1) is 0 Å². The molecule has 2 heterocycles. The molecule has 7 heteroatoms. The minimum Gasteiger partial charge on any atom is -0.264 e. The summed E-state index contributed by atoms with van der Waals surface area (Å²) in [6, 6.07) is 15.1. The van der Waals surface area contributed by atoms with Crippen molar-refractivity contribution in [2.24, 2.45) is 0 Å². The lowest BCUT2D eigenvalue weighted by Gasteiger charge is -2.22. The van der Waals surface area contributed by atoms with Gasteiger partial charge in [-0.05, 0) is 47.5 Å². The van der Waals surface area contributed by atoms with Gasteiger partial charge in [0, 0.05) is 37.9 Å². The molecular formula is C19H16N4O2S. The highest BCUT2D eigenvalue weighted by atomic mass is 32.2. The summed E-state index contributed by atoms with van der Waals surface area (Å²) in [5.74, 6) is 0. The van der Waals surface area contributed by atoms with Crippen LogP contribution in [-0.4, -0.2) is 22.7 Å². The van der Waals surface area contributed by atoms with Gasteiger partial charge in [-0.25, -0.2) is 8.42 Å². The van der Waals surface area contributed by atoms with Crippen LogP contribution in [0.1, 0.15) is 16.7 Å². The fourth-order valence-corrected chi connectivity index (χ4v) is 3.88. The van der Waals surface area contributed by atoms with Crippen LogP contribution in [0.25, 0.3) is 0 Å². The Morgan fingerprint density at radius 1 is 0.885 bits per heavy atom. The third-order valence-electron chi connectivity index (χ3n) is 3.78. The number of nitriles is 1. The molecule has 0 amide bonds. The van der Waals surface area contributed by atoms with Gasteiger partial charge in [0.2, 0.25) is 10.0 Å². The molecule has 2 aromatic heterocycles. The average molecular weight is 364 g/mol. The number of benzene rings is 1. The first kappa shape index (κ1) is 17.7. The van der Waals surface area contributed by atoms with E-state index in [1.54, 1.807) is 36.9 Å². The molecular weight excluding hydrogens is 348 g/mol. The first-order valence-electron chi connectivity index (χ1n) is 7.88. The van der Waals surface area contributed by atoms with E-state index in [0.717, 1.165) is 11.1 Å². The van der Waals surface area contributed by atoms with Gasteiger partial charge in [0.1, 0.15) is 0 Å². The van der Waals surface area contributed by atoms with E-state index in [4.69, 9.17) is 5.26 Å². The van der Waals surface area contributed by atoms with Crippen molar-refractivity contribution in [3.05, 3.63) is 90.0 Å². The molecule has 26 heavy (non-hydrogen) atoms. The highest BCUT2D eigenvalue weighted by Gasteiger charge is 2.25. The Morgan fingerprint density at radius 3 is 1.85 bits per heavy atom. The van der Waals surface area contributed by atoms with Crippen LogP contribution < -0.4 is 0 Å². The Balaban J connectivity index is 1.96. The standard InChI is InChI=1S/C19H16N4O2S/c20-11-16-5-7-19(8-6-16)26(24,25)23(14-17-3-1-9-21-12-17)15-18-4-2-10-22-13-18/h1-10,12-13H,14-15H2. The Hall–Kier alpha value is -3.08. The van der Waals surface area contributed by atoms with Crippen LogP contribution in [0.3, 0.4) is 0 Å². The molecule has 0 fully saturated rings. The van der Waals surface area contributed by atoms with Crippen molar-refractivity contribution in [3.8, 4) is 6.07 Å². The largest absolute Gasteiger partial charge is 0.264 e. The lowest BCUT2D eigenvalue weighted by Crippen LogP contribution is -2.30. The summed E-state index contributed by atoms with van der Waals surface area (Å²) in [4.78, 5) is 8.25. The fourth-order valence-electron chi connectivity index (χ4n) is 2.47. The Kier molecular flexibility index (Phi) is 5.37. The lowest BCUT2D eigenvalue weighted by molar-refractivity contribution is 0.400. The van der Waals surface area contributed by atoms with Gasteiger partial charge >= 0.3 is 0 Å². The molecule has 3 aromatic rings.